The van der Waals surface area contributed by atoms with E-state index in [4.69, 9.17) is 0 Å². The molecule has 0 spiro atoms. The van der Waals surface area contributed by atoms with E-state index in [-0.39, 0.29) is 16.2 Å². The van der Waals surface area contributed by atoms with E-state index in [2.05, 4.69) is 47.8 Å². The number of hydrogen-bond acceptors (Lipinski definition) is 3. The Morgan fingerprint density at radius 2 is 1.38 bits per heavy atom. The second kappa shape index (κ2) is 6.32. The first-order chi connectivity index (χ1) is 9.75. The van der Waals surface area contributed by atoms with Crippen molar-refractivity contribution in [3.05, 3.63) is 65.7 Å². The van der Waals surface area contributed by atoms with E-state index >= 15 is 0 Å². The van der Waals surface area contributed by atoms with E-state index in [9.17, 15) is 13.2 Å². The molecule has 2 aromatic carbocycles. The van der Waals surface area contributed by atoms with Crippen molar-refractivity contribution in [2.75, 3.05) is 0 Å². The second-order valence-electron chi connectivity index (χ2n) is 4.14. The van der Waals surface area contributed by atoms with E-state index in [1.54, 1.807) is 42.5 Å². The highest BCUT2D eigenvalue weighted by molar-refractivity contribution is 9.42. The molecule has 3 nitrogen and oxygen atoms in total. The fourth-order valence-electron chi connectivity index (χ4n) is 1.76. The van der Waals surface area contributed by atoms with E-state index in [1.165, 1.54) is 12.1 Å². The van der Waals surface area contributed by atoms with Crippen LogP contribution in [0.3, 0.4) is 0 Å². The van der Waals surface area contributed by atoms with Crippen LogP contribution in [0.4, 0.5) is 0 Å². The zero-order chi connectivity index (χ0) is 15.7. The Kier molecular flexibility index (Phi) is 5.07. The first-order valence-electron chi connectivity index (χ1n) is 5.75. The molecule has 0 radical (unpaired) electrons. The molecular weight excluding hydrogens is 488 g/mol. The molecule has 0 N–H and O–H groups in total. The quantitative estimate of drug-likeness (QED) is 0.465. The Bertz CT molecular complexity index is 766. The van der Waals surface area contributed by atoms with Crippen LogP contribution >= 0.6 is 47.8 Å². The fourth-order valence-corrected chi connectivity index (χ4v) is 4.29. The molecule has 0 aliphatic carbocycles. The van der Waals surface area contributed by atoms with Gasteiger partial charge in [-0.2, -0.15) is 0 Å². The Morgan fingerprint density at radius 3 is 1.95 bits per heavy atom. The van der Waals surface area contributed by atoms with Gasteiger partial charge in [0.2, 0.25) is 11.3 Å². The van der Waals surface area contributed by atoms with Gasteiger partial charge in [-0.3, -0.25) is 4.79 Å². The highest BCUT2D eigenvalue weighted by atomic mass is 80.0. The van der Waals surface area contributed by atoms with Gasteiger partial charge in [0.1, 0.15) is 0 Å². The van der Waals surface area contributed by atoms with Gasteiger partial charge in [-0.25, -0.2) is 8.42 Å². The summed E-state index contributed by atoms with van der Waals surface area (Å²) in [6, 6.07) is 14.7. The molecule has 0 atom stereocenters. The van der Waals surface area contributed by atoms with Crippen molar-refractivity contribution in [1.82, 2.24) is 0 Å². The van der Waals surface area contributed by atoms with Crippen LogP contribution in [-0.4, -0.2) is 15.7 Å². The molecule has 0 heterocycles. The van der Waals surface area contributed by atoms with Gasteiger partial charge in [-0.15, -0.1) is 0 Å². The van der Waals surface area contributed by atoms with Gasteiger partial charge < -0.3 is 0 Å². The van der Waals surface area contributed by atoms with Crippen molar-refractivity contribution in [2.24, 2.45) is 0 Å². The van der Waals surface area contributed by atoms with Gasteiger partial charge in [-0.1, -0.05) is 42.5 Å². The summed E-state index contributed by atoms with van der Waals surface area (Å²) < 4.78 is 23.5. The Labute approximate surface area is 148 Å². The fraction of sp³-hybridized carbons (Fsp3) is 0.0714. The van der Waals surface area contributed by atoms with Crippen LogP contribution in [0.25, 0.3) is 0 Å². The summed E-state index contributed by atoms with van der Waals surface area (Å²) >= 11 is 9.03. The zero-order valence-electron chi connectivity index (χ0n) is 10.5. The highest BCUT2D eigenvalue weighted by Gasteiger charge is 2.39. The standard InChI is InChI=1S/C14H9Br3O3S/c15-14(16,17)21(19,20)12-9-5-4-8-11(12)13(18)10-6-2-1-3-7-10/h1-9H. The van der Waals surface area contributed by atoms with E-state index in [1.807, 2.05) is 0 Å². The second-order valence-corrected chi connectivity index (χ2v) is 14.5. The van der Waals surface area contributed by atoms with Crippen LogP contribution in [0, 0.1) is 0 Å². The lowest BCUT2D eigenvalue weighted by atomic mass is 10.0. The first-order valence-corrected chi connectivity index (χ1v) is 9.61. The summed E-state index contributed by atoms with van der Waals surface area (Å²) in [7, 11) is -3.83. The molecule has 0 bridgehead atoms. The molecule has 21 heavy (non-hydrogen) atoms. The van der Waals surface area contributed by atoms with Crippen molar-refractivity contribution >= 4 is 63.4 Å². The van der Waals surface area contributed by atoms with Gasteiger partial charge in [0.15, 0.2) is 5.78 Å². The summed E-state index contributed by atoms with van der Waals surface area (Å²) in [5.41, 5.74) is 0.566. The summed E-state index contributed by atoms with van der Waals surface area (Å²) in [5.74, 6) is -0.341. The molecule has 7 heteroatoms. The minimum Gasteiger partial charge on any atom is -0.289 e. The summed E-state index contributed by atoms with van der Waals surface area (Å²) in [5, 5.41) is 0. The van der Waals surface area contributed by atoms with E-state index in [0.717, 1.165) is 0 Å². The van der Waals surface area contributed by atoms with Gasteiger partial charge >= 0.3 is 0 Å². The molecule has 0 aliphatic rings. The molecule has 0 unspecified atom stereocenters. The average molecular weight is 497 g/mol. The van der Waals surface area contributed by atoms with Crippen LogP contribution in [0.15, 0.2) is 59.5 Å². The SMILES string of the molecule is O=C(c1ccccc1)c1ccccc1S(=O)(=O)C(Br)(Br)Br. The van der Waals surface area contributed by atoms with Crippen LogP contribution < -0.4 is 0 Å². The smallest absolute Gasteiger partial charge is 0.239 e. The van der Waals surface area contributed by atoms with Crippen molar-refractivity contribution < 1.29 is 13.2 Å². The number of sulfone groups is 1. The largest absolute Gasteiger partial charge is 0.289 e. The van der Waals surface area contributed by atoms with Gasteiger partial charge in [0.25, 0.3) is 0 Å². The monoisotopic (exact) mass is 494 g/mol. The highest BCUT2D eigenvalue weighted by Crippen LogP contribution is 2.44. The first kappa shape index (κ1) is 16.9. The summed E-state index contributed by atoms with van der Waals surface area (Å²) in [6.45, 7) is 0. The molecule has 0 fully saturated rings. The number of carbonyl (C=O) groups is 1. The lowest BCUT2D eigenvalue weighted by molar-refractivity contribution is 0.103. The molecule has 2 rings (SSSR count). The number of ketones is 1. The van der Waals surface area contributed by atoms with Crippen LogP contribution in [0.1, 0.15) is 15.9 Å². The molecule has 2 aromatic rings. The third-order valence-corrected chi connectivity index (χ3v) is 8.14. The predicted octanol–water partition coefficient (Wildman–Crippen LogP) is 4.49. The van der Waals surface area contributed by atoms with Gasteiger partial charge in [-0.05, 0) is 59.9 Å². The van der Waals surface area contributed by atoms with Crippen molar-refractivity contribution in [2.45, 2.75) is 6.37 Å². The third kappa shape index (κ3) is 3.47. The minimum absolute atomic E-state index is 0.0514. The molecular formula is C14H9Br3O3S. The van der Waals surface area contributed by atoms with Crippen LogP contribution in [0.5, 0.6) is 0 Å². The maximum Gasteiger partial charge on any atom is 0.239 e. The normalized spacial score (nSPS) is 12.1. The maximum absolute atomic E-state index is 12.5. The predicted molar refractivity (Wildman–Crippen MR) is 93.0 cm³/mol. The lowest BCUT2D eigenvalue weighted by Gasteiger charge is -2.16. The molecule has 0 saturated carbocycles. The zero-order valence-corrected chi connectivity index (χ0v) is 16.0. The molecule has 0 saturated heterocycles. The van der Waals surface area contributed by atoms with Gasteiger partial charge in [0, 0.05) is 11.1 Å². The van der Waals surface area contributed by atoms with Crippen LogP contribution in [0.2, 0.25) is 0 Å². The van der Waals surface area contributed by atoms with Crippen molar-refractivity contribution in [3.63, 3.8) is 0 Å². The topological polar surface area (TPSA) is 51.2 Å². The Morgan fingerprint density at radius 1 is 0.857 bits per heavy atom. The molecule has 110 valence electrons. The Hall–Kier alpha value is -0.500. The van der Waals surface area contributed by atoms with Crippen molar-refractivity contribution in [3.8, 4) is 0 Å². The van der Waals surface area contributed by atoms with Crippen LogP contribution in [-0.2, 0) is 9.84 Å². The summed E-state index contributed by atoms with van der Waals surface area (Å²) in [6.07, 6.45) is 0. The minimum atomic E-state index is -3.83. The van der Waals surface area contributed by atoms with E-state index in [0.29, 0.717) is 5.56 Å². The number of halogens is 3. The lowest BCUT2D eigenvalue weighted by Crippen LogP contribution is -2.21. The molecule has 0 aliphatic heterocycles. The third-order valence-electron chi connectivity index (χ3n) is 2.76. The molecule has 0 aromatic heterocycles. The average Bonchev–Trinajstić information content (AvgIpc) is 2.46. The number of alkyl halides is 3. The van der Waals surface area contributed by atoms with E-state index < -0.39 is 11.3 Å². The summed E-state index contributed by atoms with van der Waals surface area (Å²) in [4.78, 5) is 12.5. The molecule has 0 amide bonds. The number of carbonyl (C=O) groups excluding carboxylic acids is 1. The number of rotatable bonds is 3. The Balaban J connectivity index is 2.61. The number of benzene rings is 2. The maximum atomic E-state index is 12.5. The van der Waals surface area contributed by atoms with Gasteiger partial charge in [0.05, 0.1) is 4.90 Å². The van der Waals surface area contributed by atoms with Crippen molar-refractivity contribution in [1.29, 1.82) is 0 Å². The number of hydrogen-bond donors (Lipinski definition) is 0.